The minimum Gasteiger partial charge on any atom is -0.507 e. The van der Waals surface area contributed by atoms with Crippen molar-refractivity contribution in [1.82, 2.24) is 0 Å². The number of para-hydroxylation sites is 1. The molecule has 1 saturated carbocycles. The van der Waals surface area contributed by atoms with Gasteiger partial charge in [0.25, 0.3) is 0 Å². The first-order valence-electron chi connectivity index (χ1n) is 17.2. The second kappa shape index (κ2) is 15.9. The monoisotopic (exact) mass is 719 g/mol. The van der Waals surface area contributed by atoms with Gasteiger partial charge in [0.1, 0.15) is 5.75 Å². The molecule has 5 atom stereocenters. The fourth-order valence-corrected chi connectivity index (χ4v) is 9.59. The van der Waals surface area contributed by atoms with Gasteiger partial charge in [0.2, 0.25) is 5.91 Å². The normalized spacial score (nSPS) is 20.6. The highest BCUT2D eigenvalue weighted by atomic mass is 31.2. The van der Waals surface area contributed by atoms with Crippen LogP contribution in [0.2, 0.25) is 0 Å². The number of phenols is 1. The number of hydrogen-bond acceptors (Lipinski definition) is 11. The van der Waals surface area contributed by atoms with Crippen LogP contribution in [0.4, 0.5) is 11.4 Å². The lowest BCUT2D eigenvalue weighted by atomic mass is 9.59. The van der Waals surface area contributed by atoms with Gasteiger partial charge < -0.3 is 35.2 Å². The summed E-state index contributed by atoms with van der Waals surface area (Å²) in [5.74, 6) is -7.28. The highest BCUT2D eigenvalue weighted by Crippen LogP contribution is 2.61. The summed E-state index contributed by atoms with van der Waals surface area (Å²) in [6.45, 7) is 3.56. The van der Waals surface area contributed by atoms with Gasteiger partial charge in [-0.15, -0.1) is 0 Å². The maximum atomic E-state index is 14.3. The number of amides is 1. The number of nitrogens with one attached hydrogen (secondary N) is 1. The van der Waals surface area contributed by atoms with Crippen LogP contribution in [-0.4, -0.2) is 67.4 Å². The first-order chi connectivity index (χ1) is 24.3. The Morgan fingerprint density at radius 3 is 2.25 bits per heavy atom. The molecule has 13 heteroatoms. The van der Waals surface area contributed by atoms with Gasteiger partial charge in [0, 0.05) is 37.6 Å². The number of rotatable bonds is 15. The molecule has 5 N–H and O–H groups in total. The lowest BCUT2D eigenvalue weighted by molar-refractivity contribution is -0.142. The molecular weight excluding hydrogens is 673 g/mol. The van der Waals surface area contributed by atoms with Crippen molar-refractivity contribution < 1.29 is 43.0 Å². The number of phenolic OH excluding ortho intramolecular Hbond substituents is 1. The van der Waals surface area contributed by atoms with Crippen molar-refractivity contribution in [3.8, 4) is 16.9 Å². The van der Waals surface area contributed by atoms with Gasteiger partial charge in [0.05, 0.1) is 37.0 Å². The van der Waals surface area contributed by atoms with E-state index < -0.39 is 66.7 Å². The molecule has 12 nitrogen and oxygen atoms in total. The maximum Gasteiger partial charge on any atom is 0.357 e. The van der Waals surface area contributed by atoms with Crippen LogP contribution >= 0.6 is 7.60 Å². The maximum absolute atomic E-state index is 14.3. The van der Waals surface area contributed by atoms with E-state index in [-0.39, 0.29) is 37.6 Å². The molecule has 0 aliphatic heterocycles. The molecule has 272 valence electrons. The number of aliphatic hydroxyl groups is 1. The lowest BCUT2D eigenvalue weighted by Crippen LogP contribution is -2.50. The minimum atomic E-state index is -3.71. The molecule has 0 bridgehead atoms. The van der Waals surface area contributed by atoms with Gasteiger partial charge in [-0.05, 0) is 79.8 Å². The van der Waals surface area contributed by atoms with Crippen molar-refractivity contribution in [2.75, 3.05) is 44.1 Å². The molecule has 2 aliphatic carbocycles. The Bertz CT molecular complexity index is 1820. The Morgan fingerprint density at radius 2 is 1.69 bits per heavy atom. The number of nitrogens with two attached hydrogens (primary N) is 1. The first kappa shape index (κ1) is 37.9. The minimum absolute atomic E-state index is 0.0254. The molecule has 0 saturated heterocycles. The lowest BCUT2D eigenvalue weighted by Gasteiger charge is -2.42. The molecule has 5 rings (SSSR count). The van der Waals surface area contributed by atoms with Crippen LogP contribution in [0.1, 0.15) is 60.4 Å². The van der Waals surface area contributed by atoms with Crippen molar-refractivity contribution in [3.05, 3.63) is 77.4 Å². The summed E-state index contributed by atoms with van der Waals surface area (Å²) in [5, 5.41) is 24.8. The number of fused-ring (bicyclic) bond motifs is 2. The largest absolute Gasteiger partial charge is 0.507 e. The van der Waals surface area contributed by atoms with E-state index in [1.165, 1.54) is 0 Å². The van der Waals surface area contributed by atoms with Crippen LogP contribution in [0.15, 0.2) is 60.7 Å². The summed E-state index contributed by atoms with van der Waals surface area (Å²) in [6.07, 6.45) is 0.147. The van der Waals surface area contributed by atoms with Gasteiger partial charge in [-0.25, -0.2) is 0 Å². The molecule has 1 amide bonds. The second-order valence-electron chi connectivity index (χ2n) is 13.3. The predicted molar refractivity (Wildman–Crippen MR) is 194 cm³/mol. The molecule has 5 unspecified atom stereocenters. The number of primary amides is 1. The summed E-state index contributed by atoms with van der Waals surface area (Å²) in [5.41, 5.74) is 8.82. The second-order valence-corrected chi connectivity index (χ2v) is 15.4. The third-order valence-corrected chi connectivity index (χ3v) is 12.1. The van der Waals surface area contributed by atoms with Crippen LogP contribution in [0.5, 0.6) is 5.75 Å². The summed E-state index contributed by atoms with van der Waals surface area (Å²) >= 11 is 0. The van der Waals surface area contributed by atoms with E-state index in [0.29, 0.717) is 46.5 Å². The van der Waals surface area contributed by atoms with E-state index in [1.807, 2.05) is 49.3 Å². The van der Waals surface area contributed by atoms with Gasteiger partial charge in [-0.2, -0.15) is 0 Å². The van der Waals surface area contributed by atoms with Crippen molar-refractivity contribution in [2.24, 2.45) is 29.4 Å². The summed E-state index contributed by atoms with van der Waals surface area (Å²) in [6, 6.07) is 18.1. The van der Waals surface area contributed by atoms with Crippen LogP contribution in [-0.2, 0) is 34.4 Å². The number of ketones is 3. The van der Waals surface area contributed by atoms with Gasteiger partial charge in [0.15, 0.2) is 23.1 Å². The quantitative estimate of drug-likeness (QED) is 0.115. The fourth-order valence-electron chi connectivity index (χ4n) is 7.65. The zero-order chi connectivity index (χ0) is 37.0. The first-order valence-corrected chi connectivity index (χ1v) is 18.8. The van der Waals surface area contributed by atoms with Crippen molar-refractivity contribution in [1.29, 1.82) is 0 Å². The molecule has 3 aromatic carbocycles. The molecule has 2 aliphatic rings. The standard InChI is InChI=1S/C38H46N3O9P/c1-5-49-51(48,50-6-2)38(40-26-10-8-7-9-11-26)23-14-12-22(13-15-23)27-20-29(41(3)4)28-19-25-18-24(16-17-42)32(30(43)21-31(39)44)36(46)33(25)37(47)34(28)35(27)45/h7-15,20,24-25,32-33,38,40,42,45H,5-6,16-19,21H2,1-4H3,(H2,39,44). The highest BCUT2D eigenvalue weighted by Gasteiger charge is 2.52. The van der Waals surface area contributed by atoms with E-state index in [0.717, 1.165) is 0 Å². The third-order valence-electron chi connectivity index (χ3n) is 9.77. The highest BCUT2D eigenvalue weighted by molar-refractivity contribution is 7.54. The van der Waals surface area contributed by atoms with Crippen molar-refractivity contribution in [3.63, 3.8) is 0 Å². The van der Waals surface area contributed by atoms with Gasteiger partial charge >= 0.3 is 7.60 Å². The zero-order valence-corrected chi connectivity index (χ0v) is 30.2. The molecule has 3 aromatic rings. The van der Waals surface area contributed by atoms with Crippen molar-refractivity contribution >= 4 is 42.2 Å². The number of hydrogen-bond donors (Lipinski definition) is 4. The predicted octanol–water partition coefficient (Wildman–Crippen LogP) is 5.51. The third kappa shape index (κ3) is 7.65. The molecule has 0 aromatic heterocycles. The number of benzene rings is 3. The summed E-state index contributed by atoms with van der Waals surface area (Å²) in [4.78, 5) is 54.8. The van der Waals surface area contributed by atoms with Crippen LogP contribution in [0, 0.1) is 23.7 Å². The Hall–Kier alpha value is -4.35. The zero-order valence-electron chi connectivity index (χ0n) is 29.3. The van der Waals surface area contributed by atoms with Crippen molar-refractivity contribution in [2.45, 2.75) is 45.3 Å². The van der Waals surface area contributed by atoms with E-state index in [1.54, 1.807) is 44.2 Å². The fraction of sp³-hybridized carbons (Fsp3) is 0.421. The van der Waals surface area contributed by atoms with E-state index in [9.17, 15) is 34.0 Å². The smallest absolute Gasteiger partial charge is 0.357 e. The number of nitrogens with zero attached hydrogens (tertiary/aromatic N) is 1. The van der Waals surface area contributed by atoms with Gasteiger partial charge in [-0.1, -0.05) is 42.5 Å². The number of aliphatic hydroxyl groups excluding tert-OH is 1. The average Bonchev–Trinajstić information content (AvgIpc) is 3.07. The molecule has 0 spiro atoms. The molecular formula is C38H46N3O9P. The molecule has 1 fully saturated rings. The number of Topliss-reactive ketones (excluding diaryl/α,β-unsaturated/α-hetero) is 3. The Labute approximate surface area is 297 Å². The van der Waals surface area contributed by atoms with E-state index >= 15 is 0 Å². The van der Waals surface area contributed by atoms with Crippen LogP contribution in [0.3, 0.4) is 0 Å². The molecule has 0 radical (unpaired) electrons. The van der Waals surface area contributed by atoms with Crippen LogP contribution < -0.4 is 16.0 Å². The number of aromatic hydroxyl groups is 1. The van der Waals surface area contributed by atoms with Gasteiger partial charge in [-0.3, -0.25) is 23.7 Å². The average molecular weight is 720 g/mol. The number of carbonyl (C=O) groups excluding carboxylic acids is 4. The topological polar surface area (TPSA) is 186 Å². The molecule has 0 heterocycles. The van der Waals surface area contributed by atoms with Crippen LogP contribution in [0.25, 0.3) is 11.1 Å². The Kier molecular flexibility index (Phi) is 11.8. The number of carbonyl (C=O) groups is 4. The summed E-state index contributed by atoms with van der Waals surface area (Å²) < 4.78 is 25.5. The van der Waals surface area contributed by atoms with E-state index in [4.69, 9.17) is 14.8 Å². The number of anilines is 2. The summed E-state index contributed by atoms with van der Waals surface area (Å²) in [7, 11) is -0.0599. The Balaban J connectivity index is 1.57. The van der Waals surface area contributed by atoms with E-state index in [2.05, 4.69) is 5.32 Å². The SMILES string of the molecule is CCOP(=O)(OCC)C(Nc1ccccc1)c1ccc(-c2cc(N(C)C)c3c(c2O)C(=O)C2C(=O)C(C(=O)CC(N)=O)C(CCO)CC2C3)cc1. The molecule has 51 heavy (non-hydrogen) atoms. The Morgan fingerprint density at radius 1 is 1.04 bits per heavy atom.